The first-order chi connectivity index (χ1) is 7.22. The fraction of sp³-hybridized carbons (Fsp3) is 0.455. The van der Waals surface area contributed by atoms with Crippen LogP contribution < -0.4 is 9.47 Å². The highest BCUT2D eigenvalue weighted by atomic mass is 79.9. The second kappa shape index (κ2) is 6.28. The minimum Gasteiger partial charge on any atom is -0.493 e. The molecule has 0 saturated carbocycles. The van der Waals surface area contributed by atoms with Crippen molar-refractivity contribution in [2.75, 3.05) is 20.0 Å². The van der Waals surface area contributed by atoms with Gasteiger partial charge in [-0.2, -0.15) is 12.6 Å². The van der Waals surface area contributed by atoms with Gasteiger partial charge in [0.2, 0.25) is 0 Å². The molecule has 0 N–H and O–H groups in total. The van der Waals surface area contributed by atoms with Gasteiger partial charge in [0, 0.05) is 4.47 Å². The highest BCUT2D eigenvalue weighted by Gasteiger charge is 2.08. The average molecular weight is 291 g/mol. The van der Waals surface area contributed by atoms with Crippen molar-refractivity contribution in [3.63, 3.8) is 0 Å². The Morgan fingerprint density at radius 1 is 1.20 bits per heavy atom. The van der Waals surface area contributed by atoms with Gasteiger partial charge >= 0.3 is 0 Å². The van der Waals surface area contributed by atoms with E-state index in [0.717, 1.165) is 34.6 Å². The van der Waals surface area contributed by atoms with E-state index in [4.69, 9.17) is 9.47 Å². The summed E-state index contributed by atoms with van der Waals surface area (Å²) in [6.07, 6.45) is 2.04. The molecule has 0 radical (unpaired) electrons. The van der Waals surface area contributed by atoms with Crippen LogP contribution in [-0.4, -0.2) is 20.0 Å². The Hall–Kier alpha value is -0.350. The van der Waals surface area contributed by atoms with E-state index in [-0.39, 0.29) is 0 Å². The molecule has 0 amide bonds. The lowest BCUT2D eigenvalue weighted by Crippen LogP contribution is -1.95. The first-order valence-electron chi connectivity index (χ1n) is 4.74. The Labute approximate surface area is 105 Å². The summed E-state index contributed by atoms with van der Waals surface area (Å²) < 4.78 is 11.5. The monoisotopic (exact) mass is 290 g/mol. The number of halogens is 1. The molecule has 1 rings (SSSR count). The van der Waals surface area contributed by atoms with Crippen LogP contribution in [0.3, 0.4) is 0 Å². The molecule has 15 heavy (non-hydrogen) atoms. The molecule has 84 valence electrons. The van der Waals surface area contributed by atoms with Crippen LogP contribution in [0, 0.1) is 0 Å². The SMILES string of the molecule is COc1cc(Br)c(CCCS)cc1OC. The van der Waals surface area contributed by atoms with Crippen molar-refractivity contribution in [3.05, 3.63) is 22.2 Å². The van der Waals surface area contributed by atoms with Crippen LogP contribution in [0.1, 0.15) is 12.0 Å². The van der Waals surface area contributed by atoms with Crippen molar-refractivity contribution in [1.82, 2.24) is 0 Å². The molecule has 4 heteroatoms. The van der Waals surface area contributed by atoms with Crippen molar-refractivity contribution < 1.29 is 9.47 Å². The van der Waals surface area contributed by atoms with E-state index in [1.54, 1.807) is 14.2 Å². The highest BCUT2D eigenvalue weighted by molar-refractivity contribution is 9.10. The smallest absolute Gasteiger partial charge is 0.161 e. The first kappa shape index (κ1) is 12.7. The molecular formula is C11H15BrO2S. The molecule has 0 aliphatic heterocycles. The van der Waals surface area contributed by atoms with E-state index >= 15 is 0 Å². The number of benzene rings is 1. The molecule has 0 saturated heterocycles. The zero-order valence-electron chi connectivity index (χ0n) is 8.92. The summed E-state index contributed by atoms with van der Waals surface area (Å²) in [5.41, 5.74) is 1.22. The van der Waals surface area contributed by atoms with Crippen LogP contribution in [0.15, 0.2) is 16.6 Å². The number of aryl methyl sites for hydroxylation is 1. The molecule has 1 aromatic rings. The summed E-state index contributed by atoms with van der Waals surface area (Å²) >= 11 is 7.72. The Balaban J connectivity index is 2.97. The molecule has 1 aromatic carbocycles. The molecule has 0 spiro atoms. The third kappa shape index (κ3) is 3.31. The Kier molecular flexibility index (Phi) is 5.32. The lowest BCUT2D eigenvalue weighted by molar-refractivity contribution is 0.354. The van der Waals surface area contributed by atoms with Crippen LogP contribution in [0.4, 0.5) is 0 Å². The number of rotatable bonds is 5. The van der Waals surface area contributed by atoms with E-state index < -0.39 is 0 Å². The maximum absolute atomic E-state index is 5.25. The average Bonchev–Trinajstić information content (AvgIpc) is 2.27. The van der Waals surface area contributed by atoms with Gasteiger partial charge < -0.3 is 9.47 Å². The summed E-state index contributed by atoms with van der Waals surface area (Å²) in [6, 6.07) is 3.94. The normalized spacial score (nSPS) is 10.1. The van der Waals surface area contributed by atoms with Crippen LogP contribution in [0.2, 0.25) is 0 Å². The van der Waals surface area contributed by atoms with Gasteiger partial charge in [0.05, 0.1) is 14.2 Å². The van der Waals surface area contributed by atoms with E-state index in [9.17, 15) is 0 Å². The molecular weight excluding hydrogens is 276 g/mol. The summed E-state index contributed by atoms with van der Waals surface area (Å²) in [5, 5.41) is 0. The number of thiol groups is 1. The standard InChI is InChI=1S/C11H15BrO2S/c1-13-10-6-8(4-3-5-15)9(12)7-11(10)14-2/h6-7,15H,3-5H2,1-2H3. The van der Waals surface area contributed by atoms with Gasteiger partial charge in [0.1, 0.15) is 0 Å². The highest BCUT2D eigenvalue weighted by Crippen LogP contribution is 2.33. The lowest BCUT2D eigenvalue weighted by Gasteiger charge is -2.11. The Morgan fingerprint density at radius 2 is 1.80 bits per heavy atom. The van der Waals surface area contributed by atoms with Gasteiger partial charge in [-0.15, -0.1) is 0 Å². The molecule has 0 fully saturated rings. The summed E-state index contributed by atoms with van der Waals surface area (Å²) in [4.78, 5) is 0. The number of hydrogen-bond donors (Lipinski definition) is 1. The number of ether oxygens (including phenoxy) is 2. The van der Waals surface area contributed by atoms with Crippen molar-refractivity contribution in [1.29, 1.82) is 0 Å². The second-order valence-corrected chi connectivity index (χ2v) is 4.43. The van der Waals surface area contributed by atoms with Crippen molar-refractivity contribution in [2.24, 2.45) is 0 Å². The van der Waals surface area contributed by atoms with E-state index in [1.807, 2.05) is 12.1 Å². The molecule has 0 aliphatic carbocycles. The summed E-state index contributed by atoms with van der Waals surface area (Å²) in [5.74, 6) is 2.41. The molecule has 0 unspecified atom stereocenters. The predicted octanol–water partition coefficient (Wildman–Crippen LogP) is 3.33. The van der Waals surface area contributed by atoms with Crippen LogP contribution >= 0.6 is 28.6 Å². The molecule has 0 bridgehead atoms. The van der Waals surface area contributed by atoms with Crippen LogP contribution in [0.25, 0.3) is 0 Å². The zero-order valence-corrected chi connectivity index (χ0v) is 11.4. The van der Waals surface area contributed by atoms with Gasteiger partial charge in [0.25, 0.3) is 0 Å². The fourth-order valence-electron chi connectivity index (χ4n) is 1.36. The molecule has 0 atom stereocenters. The third-order valence-corrected chi connectivity index (χ3v) is 3.21. The van der Waals surface area contributed by atoms with E-state index in [2.05, 4.69) is 28.6 Å². The van der Waals surface area contributed by atoms with Gasteiger partial charge in [-0.05, 0) is 36.3 Å². The van der Waals surface area contributed by atoms with Gasteiger partial charge in [0.15, 0.2) is 11.5 Å². The van der Waals surface area contributed by atoms with Crippen molar-refractivity contribution in [2.45, 2.75) is 12.8 Å². The van der Waals surface area contributed by atoms with Crippen LogP contribution in [0.5, 0.6) is 11.5 Å². The second-order valence-electron chi connectivity index (χ2n) is 3.13. The summed E-state index contributed by atoms with van der Waals surface area (Å²) in [6.45, 7) is 0. The van der Waals surface area contributed by atoms with Gasteiger partial charge in [-0.25, -0.2) is 0 Å². The molecule has 0 heterocycles. The van der Waals surface area contributed by atoms with Crippen molar-refractivity contribution >= 4 is 28.6 Å². The zero-order chi connectivity index (χ0) is 11.3. The Bertz CT molecular complexity index is 329. The van der Waals surface area contributed by atoms with Crippen molar-refractivity contribution in [3.8, 4) is 11.5 Å². The maximum atomic E-state index is 5.25. The summed E-state index contributed by atoms with van der Waals surface area (Å²) in [7, 11) is 3.28. The molecule has 0 aromatic heterocycles. The number of hydrogen-bond acceptors (Lipinski definition) is 3. The van der Waals surface area contributed by atoms with Crippen LogP contribution in [-0.2, 0) is 6.42 Å². The molecule has 2 nitrogen and oxygen atoms in total. The van der Waals surface area contributed by atoms with E-state index in [0.29, 0.717) is 0 Å². The largest absolute Gasteiger partial charge is 0.493 e. The number of methoxy groups -OCH3 is 2. The van der Waals surface area contributed by atoms with Gasteiger partial charge in [-0.3, -0.25) is 0 Å². The molecule has 0 aliphatic rings. The van der Waals surface area contributed by atoms with E-state index in [1.165, 1.54) is 5.56 Å². The third-order valence-electron chi connectivity index (χ3n) is 2.16. The quantitative estimate of drug-likeness (QED) is 0.839. The minimum absolute atomic E-state index is 0.749. The first-order valence-corrected chi connectivity index (χ1v) is 6.16. The fourth-order valence-corrected chi connectivity index (χ4v) is 2.04. The minimum atomic E-state index is 0.749. The van der Waals surface area contributed by atoms with Gasteiger partial charge in [-0.1, -0.05) is 15.9 Å². The predicted molar refractivity (Wildman–Crippen MR) is 69.4 cm³/mol. The topological polar surface area (TPSA) is 18.5 Å². The lowest BCUT2D eigenvalue weighted by atomic mass is 10.1. The maximum Gasteiger partial charge on any atom is 0.161 e. The Morgan fingerprint density at radius 3 is 2.33 bits per heavy atom.